The van der Waals surface area contributed by atoms with Crippen molar-refractivity contribution in [3.05, 3.63) is 29.8 Å². The molecule has 0 aliphatic heterocycles. The topological polar surface area (TPSA) is 67.4 Å². The smallest absolute Gasteiger partial charge is 0.269 e. The van der Waals surface area contributed by atoms with Gasteiger partial charge in [-0.05, 0) is 49.9 Å². The van der Waals surface area contributed by atoms with Gasteiger partial charge < -0.3 is 4.74 Å². The monoisotopic (exact) mass is 290 g/mol. The van der Waals surface area contributed by atoms with Crippen LogP contribution in [0.3, 0.4) is 0 Å². The maximum atomic E-state index is 11.9. The molecule has 0 unspecified atom stereocenters. The lowest BCUT2D eigenvalue weighted by Gasteiger charge is -2.11. The van der Waals surface area contributed by atoms with Crippen molar-refractivity contribution in [2.75, 3.05) is 6.61 Å². The molecule has 1 aliphatic rings. The fourth-order valence-corrected chi connectivity index (χ4v) is 2.60. The van der Waals surface area contributed by atoms with E-state index >= 15 is 0 Å². The van der Waals surface area contributed by atoms with Crippen LogP contribution in [0.4, 0.5) is 0 Å². The van der Waals surface area contributed by atoms with Gasteiger partial charge in [-0.25, -0.2) is 0 Å². The first-order valence-corrected chi connectivity index (χ1v) is 7.51. The summed E-state index contributed by atoms with van der Waals surface area (Å²) in [4.78, 5) is 23.6. The van der Waals surface area contributed by atoms with Gasteiger partial charge >= 0.3 is 0 Å². The number of ether oxygens (including phenoxy) is 1. The minimum Gasteiger partial charge on any atom is -0.494 e. The largest absolute Gasteiger partial charge is 0.494 e. The van der Waals surface area contributed by atoms with Gasteiger partial charge in [-0.15, -0.1) is 0 Å². The fourth-order valence-electron chi connectivity index (χ4n) is 2.60. The van der Waals surface area contributed by atoms with Crippen LogP contribution in [0, 0.1) is 5.92 Å². The van der Waals surface area contributed by atoms with Gasteiger partial charge in [-0.2, -0.15) is 0 Å². The van der Waals surface area contributed by atoms with Crippen LogP contribution >= 0.6 is 0 Å². The molecule has 0 aromatic heterocycles. The summed E-state index contributed by atoms with van der Waals surface area (Å²) >= 11 is 0. The van der Waals surface area contributed by atoms with Crippen molar-refractivity contribution in [3.8, 4) is 5.75 Å². The van der Waals surface area contributed by atoms with Crippen molar-refractivity contribution < 1.29 is 14.3 Å². The summed E-state index contributed by atoms with van der Waals surface area (Å²) in [5.41, 5.74) is 5.41. The summed E-state index contributed by atoms with van der Waals surface area (Å²) in [7, 11) is 0. The summed E-state index contributed by atoms with van der Waals surface area (Å²) in [5.74, 6) is 0.741. The number of carbonyl (C=O) groups excluding carboxylic acids is 2. The van der Waals surface area contributed by atoms with Crippen molar-refractivity contribution in [3.63, 3.8) is 0 Å². The van der Waals surface area contributed by atoms with Gasteiger partial charge in [0.1, 0.15) is 5.75 Å². The van der Waals surface area contributed by atoms with Gasteiger partial charge in [0.05, 0.1) is 6.61 Å². The zero-order chi connectivity index (χ0) is 15.1. The summed E-state index contributed by atoms with van der Waals surface area (Å²) in [6.07, 6.45) is 5.12. The van der Waals surface area contributed by atoms with E-state index in [1.165, 1.54) is 12.8 Å². The first-order valence-electron chi connectivity index (χ1n) is 7.51. The number of nitrogens with one attached hydrogen (secondary N) is 2. The molecular formula is C16H22N2O3. The molecule has 0 heterocycles. The number of hydrazine groups is 1. The molecule has 1 aliphatic carbocycles. The molecule has 1 saturated carbocycles. The van der Waals surface area contributed by atoms with Gasteiger partial charge in [-0.3, -0.25) is 20.4 Å². The third kappa shape index (κ3) is 4.77. The van der Waals surface area contributed by atoms with Crippen LogP contribution in [0.25, 0.3) is 0 Å². The average molecular weight is 290 g/mol. The van der Waals surface area contributed by atoms with E-state index in [0.717, 1.165) is 18.6 Å². The van der Waals surface area contributed by atoms with Crippen LogP contribution in [0.1, 0.15) is 49.4 Å². The number of amides is 2. The highest BCUT2D eigenvalue weighted by molar-refractivity contribution is 5.95. The first-order chi connectivity index (χ1) is 10.2. The van der Waals surface area contributed by atoms with E-state index in [0.29, 0.717) is 24.5 Å². The van der Waals surface area contributed by atoms with E-state index in [2.05, 4.69) is 10.9 Å². The minimum absolute atomic E-state index is 0.124. The molecule has 2 rings (SSSR count). The molecule has 5 heteroatoms. The Balaban J connectivity index is 1.76. The van der Waals surface area contributed by atoms with Crippen LogP contribution in [-0.4, -0.2) is 18.4 Å². The molecule has 5 nitrogen and oxygen atoms in total. The molecular weight excluding hydrogens is 268 g/mol. The van der Waals surface area contributed by atoms with Crippen LogP contribution in [-0.2, 0) is 4.79 Å². The van der Waals surface area contributed by atoms with E-state index in [1.807, 2.05) is 6.92 Å². The Labute approximate surface area is 125 Å². The van der Waals surface area contributed by atoms with Crippen LogP contribution in [0.2, 0.25) is 0 Å². The van der Waals surface area contributed by atoms with E-state index in [9.17, 15) is 9.59 Å². The highest BCUT2D eigenvalue weighted by Gasteiger charge is 2.18. The second kappa shape index (κ2) is 7.67. The van der Waals surface area contributed by atoms with E-state index in [-0.39, 0.29) is 11.8 Å². The highest BCUT2D eigenvalue weighted by Crippen LogP contribution is 2.27. The van der Waals surface area contributed by atoms with Crippen molar-refractivity contribution in [2.24, 2.45) is 5.92 Å². The molecule has 0 atom stereocenters. The Morgan fingerprint density at radius 2 is 1.81 bits per heavy atom. The lowest BCUT2D eigenvalue weighted by Crippen LogP contribution is -2.42. The number of rotatable bonds is 5. The van der Waals surface area contributed by atoms with Crippen molar-refractivity contribution in [2.45, 2.75) is 39.0 Å². The Bertz CT molecular complexity index is 479. The molecule has 0 bridgehead atoms. The lowest BCUT2D eigenvalue weighted by atomic mass is 10.0. The molecule has 0 saturated heterocycles. The zero-order valence-electron chi connectivity index (χ0n) is 12.4. The van der Waals surface area contributed by atoms with Gasteiger partial charge in [-0.1, -0.05) is 12.8 Å². The predicted octanol–water partition coefficient (Wildman–Crippen LogP) is 2.43. The molecule has 0 radical (unpaired) electrons. The SMILES string of the molecule is CCOc1ccc(C(=O)NNC(=O)CC2CCCC2)cc1. The van der Waals surface area contributed by atoms with Crippen molar-refractivity contribution >= 4 is 11.8 Å². The number of carbonyl (C=O) groups is 2. The average Bonchev–Trinajstić information content (AvgIpc) is 2.99. The van der Waals surface area contributed by atoms with Gasteiger partial charge in [0, 0.05) is 12.0 Å². The molecule has 1 fully saturated rings. The molecule has 1 aromatic carbocycles. The van der Waals surface area contributed by atoms with Gasteiger partial charge in [0.2, 0.25) is 5.91 Å². The number of hydrogen-bond donors (Lipinski definition) is 2. The summed E-state index contributed by atoms with van der Waals surface area (Å²) in [6, 6.07) is 6.81. The van der Waals surface area contributed by atoms with E-state index < -0.39 is 0 Å². The number of hydrogen-bond acceptors (Lipinski definition) is 3. The molecule has 21 heavy (non-hydrogen) atoms. The fraction of sp³-hybridized carbons (Fsp3) is 0.500. The van der Waals surface area contributed by atoms with Crippen molar-refractivity contribution in [1.82, 2.24) is 10.9 Å². The molecule has 2 N–H and O–H groups in total. The second-order valence-electron chi connectivity index (χ2n) is 5.31. The third-order valence-electron chi connectivity index (χ3n) is 3.69. The lowest BCUT2D eigenvalue weighted by molar-refractivity contribution is -0.122. The van der Waals surface area contributed by atoms with Gasteiger partial charge in [0.15, 0.2) is 0 Å². The van der Waals surface area contributed by atoms with Crippen LogP contribution in [0.5, 0.6) is 5.75 Å². The molecule has 2 amide bonds. The Hall–Kier alpha value is -2.04. The zero-order valence-corrected chi connectivity index (χ0v) is 12.4. The van der Waals surface area contributed by atoms with Gasteiger partial charge in [0.25, 0.3) is 5.91 Å². The normalized spacial score (nSPS) is 14.7. The first kappa shape index (κ1) is 15.4. The maximum Gasteiger partial charge on any atom is 0.269 e. The van der Waals surface area contributed by atoms with Crippen LogP contribution in [0.15, 0.2) is 24.3 Å². The Kier molecular flexibility index (Phi) is 5.60. The molecule has 114 valence electrons. The molecule has 1 aromatic rings. The summed E-state index contributed by atoms with van der Waals surface area (Å²) in [5, 5.41) is 0. The minimum atomic E-state index is -0.321. The van der Waals surface area contributed by atoms with Crippen molar-refractivity contribution in [1.29, 1.82) is 0 Å². The summed E-state index contributed by atoms with van der Waals surface area (Å²) < 4.78 is 5.31. The third-order valence-corrected chi connectivity index (χ3v) is 3.69. The van der Waals surface area contributed by atoms with E-state index in [1.54, 1.807) is 24.3 Å². The summed E-state index contributed by atoms with van der Waals surface area (Å²) in [6.45, 7) is 2.49. The van der Waals surface area contributed by atoms with E-state index in [4.69, 9.17) is 4.74 Å². The number of benzene rings is 1. The Morgan fingerprint density at radius 1 is 1.14 bits per heavy atom. The predicted molar refractivity (Wildman–Crippen MR) is 79.8 cm³/mol. The highest BCUT2D eigenvalue weighted by atomic mass is 16.5. The quantitative estimate of drug-likeness (QED) is 0.818. The molecule has 0 spiro atoms. The Morgan fingerprint density at radius 3 is 2.43 bits per heavy atom. The standard InChI is InChI=1S/C16H22N2O3/c1-2-21-14-9-7-13(8-10-14)16(20)18-17-15(19)11-12-5-3-4-6-12/h7-10,12H,2-6,11H2,1H3,(H,17,19)(H,18,20). The van der Waals surface area contributed by atoms with Crippen LogP contribution < -0.4 is 15.6 Å². The maximum absolute atomic E-state index is 11.9. The second-order valence-corrected chi connectivity index (χ2v) is 5.31.